The first-order valence-electron chi connectivity index (χ1n) is 9.39. The van der Waals surface area contributed by atoms with Crippen molar-refractivity contribution in [3.05, 3.63) is 0 Å². The van der Waals surface area contributed by atoms with Crippen LogP contribution >= 0.6 is 0 Å². The molecule has 24 heavy (non-hydrogen) atoms. The summed E-state index contributed by atoms with van der Waals surface area (Å²) >= 11 is 0. The van der Waals surface area contributed by atoms with E-state index >= 15 is 0 Å². The summed E-state index contributed by atoms with van der Waals surface area (Å²) in [6.45, 7) is 13.5. The van der Waals surface area contributed by atoms with E-state index in [0.717, 1.165) is 26.1 Å². The number of carbonyl (C=O) groups excluding carboxylic acids is 2. The highest BCUT2D eigenvalue weighted by Crippen LogP contribution is 2.17. The van der Waals surface area contributed by atoms with Crippen molar-refractivity contribution in [2.75, 3.05) is 26.4 Å². The monoisotopic (exact) mass is 342 g/mol. The third-order valence-corrected chi connectivity index (χ3v) is 3.72. The largest absolute Gasteiger partial charge is 0.381 e. The Morgan fingerprint density at radius 2 is 1.33 bits per heavy atom. The Morgan fingerprint density at radius 3 is 1.79 bits per heavy atom. The molecule has 0 fully saturated rings. The average molecular weight is 343 g/mol. The molecule has 0 unspecified atom stereocenters. The smallest absolute Gasteiger partial charge is 0.140 e. The van der Waals surface area contributed by atoms with Crippen LogP contribution in [0.4, 0.5) is 0 Å². The standard InChI is InChI=1S/C20H38O4/c1-17(2)10-14-23-12-6-8-18(21)16-19(22)9-7-13-24-15-11-20(3,4)5/h17H,6-16H2,1-5H3. The van der Waals surface area contributed by atoms with Crippen molar-refractivity contribution in [1.29, 1.82) is 0 Å². The lowest BCUT2D eigenvalue weighted by Crippen LogP contribution is -2.12. The molecule has 0 atom stereocenters. The fourth-order valence-corrected chi connectivity index (χ4v) is 2.04. The molecule has 4 heteroatoms. The van der Waals surface area contributed by atoms with Gasteiger partial charge in [0, 0.05) is 39.3 Å². The van der Waals surface area contributed by atoms with E-state index in [2.05, 4.69) is 34.6 Å². The molecule has 0 saturated carbocycles. The summed E-state index contributed by atoms with van der Waals surface area (Å²) in [5.41, 5.74) is 0.279. The van der Waals surface area contributed by atoms with E-state index in [9.17, 15) is 9.59 Å². The minimum absolute atomic E-state index is 0.0279. The lowest BCUT2D eigenvalue weighted by molar-refractivity contribution is -0.127. The van der Waals surface area contributed by atoms with Crippen molar-refractivity contribution < 1.29 is 19.1 Å². The molecule has 4 nitrogen and oxygen atoms in total. The SMILES string of the molecule is CC(C)CCOCCCC(=O)CC(=O)CCCOCCC(C)(C)C. The molecule has 0 heterocycles. The van der Waals surface area contributed by atoms with Crippen molar-refractivity contribution in [2.24, 2.45) is 11.3 Å². The van der Waals surface area contributed by atoms with Gasteiger partial charge in [0.25, 0.3) is 0 Å². The molecule has 0 spiro atoms. The summed E-state index contributed by atoms with van der Waals surface area (Å²) in [6, 6.07) is 0. The van der Waals surface area contributed by atoms with Crippen molar-refractivity contribution in [3.8, 4) is 0 Å². The number of hydrogen-bond donors (Lipinski definition) is 0. The van der Waals surface area contributed by atoms with Crippen LogP contribution in [0.2, 0.25) is 0 Å². The Kier molecular flexibility index (Phi) is 13.1. The van der Waals surface area contributed by atoms with Gasteiger partial charge in [0.2, 0.25) is 0 Å². The maximum atomic E-state index is 11.7. The highest BCUT2D eigenvalue weighted by atomic mass is 16.5. The molecule has 0 aliphatic heterocycles. The molecular weight excluding hydrogens is 304 g/mol. The molecule has 0 aromatic carbocycles. The molecule has 142 valence electrons. The fourth-order valence-electron chi connectivity index (χ4n) is 2.04. The summed E-state index contributed by atoms with van der Waals surface area (Å²) < 4.78 is 11.0. The number of ketones is 2. The van der Waals surface area contributed by atoms with Crippen LogP contribution in [0.25, 0.3) is 0 Å². The summed E-state index contributed by atoms with van der Waals surface area (Å²) in [7, 11) is 0. The second-order valence-corrected chi connectivity index (χ2v) is 8.18. The van der Waals surface area contributed by atoms with Gasteiger partial charge >= 0.3 is 0 Å². The van der Waals surface area contributed by atoms with E-state index in [1.165, 1.54) is 0 Å². The topological polar surface area (TPSA) is 52.6 Å². The van der Waals surface area contributed by atoms with E-state index in [0.29, 0.717) is 44.8 Å². The minimum atomic E-state index is 0.0279. The number of hydrogen-bond acceptors (Lipinski definition) is 4. The van der Waals surface area contributed by atoms with Crippen LogP contribution in [-0.4, -0.2) is 38.0 Å². The summed E-state index contributed by atoms with van der Waals surface area (Å²) in [5.74, 6) is 0.697. The number of ether oxygens (including phenoxy) is 2. The molecule has 0 amide bonds. The number of Topliss-reactive ketones (excluding diaryl/α,β-unsaturated/α-hetero) is 2. The van der Waals surface area contributed by atoms with Crippen molar-refractivity contribution in [3.63, 3.8) is 0 Å². The molecule has 0 rings (SSSR count). The van der Waals surface area contributed by atoms with Crippen LogP contribution in [0, 0.1) is 11.3 Å². The molecule has 0 aromatic heterocycles. The lowest BCUT2D eigenvalue weighted by atomic mass is 9.93. The van der Waals surface area contributed by atoms with Crippen molar-refractivity contribution in [1.82, 2.24) is 0 Å². The third kappa shape index (κ3) is 17.6. The second kappa shape index (κ2) is 13.5. The van der Waals surface area contributed by atoms with Gasteiger partial charge in [0.15, 0.2) is 0 Å². The zero-order valence-electron chi connectivity index (χ0n) is 16.5. The number of rotatable bonds is 15. The zero-order chi connectivity index (χ0) is 18.4. The van der Waals surface area contributed by atoms with E-state index < -0.39 is 0 Å². The van der Waals surface area contributed by atoms with Crippen LogP contribution in [-0.2, 0) is 19.1 Å². The van der Waals surface area contributed by atoms with Gasteiger partial charge in [-0.3, -0.25) is 9.59 Å². The van der Waals surface area contributed by atoms with E-state index in [1.54, 1.807) is 0 Å². The van der Waals surface area contributed by atoms with Crippen LogP contribution in [0.15, 0.2) is 0 Å². The lowest BCUT2D eigenvalue weighted by Gasteiger charge is -2.17. The molecule has 0 saturated heterocycles. The van der Waals surface area contributed by atoms with Gasteiger partial charge in [-0.25, -0.2) is 0 Å². The molecule has 0 aliphatic carbocycles. The highest BCUT2D eigenvalue weighted by Gasteiger charge is 2.11. The molecular formula is C20H38O4. The molecule has 0 N–H and O–H groups in total. The van der Waals surface area contributed by atoms with Crippen LogP contribution < -0.4 is 0 Å². The normalized spacial score (nSPS) is 11.9. The highest BCUT2D eigenvalue weighted by molar-refractivity contribution is 5.98. The number of carbonyl (C=O) groups is 2. The predicted octanol–water partition coefficient (Wildman–Crippen LogP) is 4.59. The van der Waals surface area contributed by atoms with Gasteiger partial charge in [0.1, 0.15) is 11.6 Å². The molecule has 0 bridgehead atoms. The van der Waals surface area contributed by atoms with E-state index in [-0.39, 0.29) is 23.4 Å². The Bertz CT molecular complexity index is 342. The first kappa shape index (κ1) is 23.3. The Morgan fingerprint density at radius 1 is 0.833 bits per heavy atom. The average Bonchev–Trinajstić information content (AvgIpc) is 2.44. The van der Waals surface area contributed by atoms with Gasteiger partial charge in [-0.05, 0) is 37.0 Å². The first-order valence-corrected chi connectivity index (χ1v) is 9.39. The minimum Gasteiger partial charge on any atom is -0.381 e. The van der Waals surface area contributed by atoms with Gasteiger partial charge in [-0.2, -0.15) is 0 Å². The quantitative estimate of drug-likeness (QED) is 0.323. The van der Waals surface area contributed by atoms with Crippen LogP contribution in [0.3, 0.4) is 0 Å². The van der Waals surface area contributed by atoms with Gasteiger partial charge in [-0.1, -0.05) is 34.6 Å². The summed E-state index contributed by atoms with van der Waals surface area (Å²) in [4.78, 5) is 23.5. The van der Waals surface area contributed by atoms with E-state index in [1.807, 2.05) is 0 Å². The fraction of sp³-hybridized carbons (Fsp3) is 0.900. The molecule has 0 aliphatic rings. The molecule has 0 aromatic rings. The van der Waals surface area contributed by atoms with Crippen molar-refractivity contribution >= 4 is 11.6 Å². The van der Waals surface area contributed by atoms with Gasteiger partial charge < -0.3 is 9.47 Å². The van der Waals surface area contributed by atoms with Gasteiger partial charge in [0.05, 0.1) is 6.42 Å². The Labute approximate surface area is 148 Å². The Balaban J connectivity index is 3.48. The summed E-state index contributed by atoms with van der Waals surface area (Å²) in [5, 5.41) is 0. The van der Waals surface area contributed by atoms with Crippen molar-refractivity contribution in [2.45, 2.75) is 79.6 Å². The van der Waals surface area contributed by atoms with Gasteiger partial charge in [-0.15, -0.1) is 0 Å². The maximum absolute atomic E-state index is 11.7. The zero-order valence-corrected chi connectivity index (χ0v) is 16.5. The Hall–Kier alpha value is -0.740. The molecule has 0 radical (unpaired) electrons. The first-order chi connectivity index (χ1) is 11.2. The van der Waals surface area contributed by atoms with Crippen LogP contribution in [0.5, 0.6) is 0 Å². The third-order valence-electron chi connectivity index (χ3n) is 3.72. The summed E-state index contributed by atoms with van der Waals surface area (Å²) in [6.07, 6.45) is 4.41. The second-order valence-electron chi connectivity index (χ2n) is 8.18. The maximum Gasteiger partial charge on any atom is 0.140 e. The van der Waals surface area contributed by atoms with Crippen LogP contribution in [0.1, 0.15) is 79.6 Å². The van der Waals surface area contributed by atoms with E-state index in [4.69, 9.17) is 9.47 Å². The predicted molar refractivity (Wildman–Crippen MR) is 98.3 cm³/mol.